The lowest BCUT2D eigenvalue weighted by Gasteiger charge is -2.22. The van der Waals surface area contributed by atoms with Crippen molar-refractivity contribution in [3.63, 3.8) is 0 Å². The Hall–Kier alpha value is -3.02. The Morgan fingerprint density at radius 2 is 2.17 bits per heavy atom. The van der Waals surface area contributed by atoms with E-state index in [9.17, 15) is 4.79 Å². The molecular formula is C18H15N3O3. The van der Waals surface area contributed by atoms with Gasteiger partial charge in [-0.3, -0.25) is 4.79 Å². The van der Waals surface area contributed by atoms with Crippen LogP contribution in [0.15, 0.2) is 47.9 Å². The summed E-state index contributed by atoms with van der Waals surface area (Å²) in [4.78, 5) is 17.0. The minimum absolute atomic E-state index is 0.0394. The van der Waals surface area contributed by atoms with Crippen molar-refractivity contribution in [3.8, 4) is 0 Å². The molecule has 120 valence electrons. The number of para-hydroxylation sites is 1. The van der Waals surface area contributed by atoms with E-state index in [0.717, 1.165) is 33.8 Å². The van der Waals surface area contributed by atoms with E-state index in [4.69, 9.17) is 14.5 Å². The topological polar surface area (TPSA) is 65.4 Å². The van der Waals surface area contributed by atoms with Gasteiger partial charge in [0.1, 0.15) is 11.6 Å². The third-order valence-electron chi connectivity index (χ3n) is 4.56. The van der Waals surface area contributed by atoms with Crippen molar-refractivity contribution in [1.29, 1.82) is 0 Å². The highest BCUT2D eigenvalue weighted by atomic mass is 16.7. The van der Waals surface area contributed by atoms with Crippen molar-refractivity contribution in [2.75, 3.05) is 13.3 Å². The number of fused-ring (bicyclic) bond motifs is 1. The largest absolute Gasteiger partial charge is 0.465 e. The maximum Gasteiger partial charge on any atom is 0.253 e. The smallest absolute Gasteiger partial charge is 0.253 e. The summed E-state index contributed by atoms with van der Waals surface area (Å²) in [6, 6.07) is 5.68. The van der Waals surface area contributed by atoms with Crippen molar-refractivity contribution in [3.05, 3.63) is 59.3 Å². The highest BCUT2D eigenvalue weighted by molar-refractivity contribution is 6.06. The van der Waals surface area contributed by atoms with Crippen LogP contribution in [0.3, 0.4) is 0 Å². The first-order valence-corrected chi connectivity index (χ1v) is 7.94. The van der Waals surface area contributed by atoms with Crippen molar-refractivity contribution in [2.24, 2.45) is 0 Å². The summed E-state index contributed by atoms with van der Waals surface area (Å²) in [6.07, 6.45) is 6.46. The van der Waals surface area contributed by atoms with Crippen molar-refractivity contribution >= 4 is 22.5 Å². The van der Waals surface area contributed by atoms with Gasteiger partial charge in [-0.05, 0) is 23.8 Å². The lowest BCUT2D eigenvalue weighted by Crippen LogP contribution is -2.24. The summed E-state index contributed by atoms with van der Waals surface area (Å²) in [6.45, 7) is 1.55. The first-order valence-electron chi connectivity index (χ1n) is 7.94. The Morgan fingerprint density at radius 3 is 3.12 bits per heavy atom. The molecule has 0 spiro atoms. The zero-order chi connectivity index (χ0) is 16.1. The predicted octanol–water partition coefficient (Wildman–Crippen LogP) is 2.34. The number of nitrogens with one attached hydrogen (secondary N) is 1. The van der Waals surface area contributed by atoms with Crippen molar-refractivity contribution in [2.45, 2.75) is 13.0 Å². The van der Waals surface area contributed by atoms with Gasteiger partial charge in [0.2, 0.25) is 6.79 Å². The Bertz CT molecular complexity index is 965. The monoisotopic (exact) mass is 321 g/mol. The zero-order valence-electron chi connectivity index (χ0n) is 12.9. The van der Waals surface area contributed by atoms with Crippen LogP contribution < -0.4 is 5.32 Å². The molecule has 2 aromatic rings. The van der Waals surface area contributed by atoms with Gasteiger partial charge >= 0.3 is 0 Å². The molecule has 0 atom stereocenters. The van der Waals surface area contributed by atoms with Crippen molar-refractivity contribution in [1.82, 2.24) is 14.9 Å². The lowest BCUT2D eigenvalue weighted by molar-refractivity contribution is 0.0145. The van der Waals surface area contributed by atoms with E-state index < -0.39 is 0 Å². The van der Waals surface area contributed by atoms with E-state index in [1.807, 2.05) is 30.4 Å². The minimum atomic E-state index is -0.0394. The minimum Gasteiger partial charge on any atom is -0.465 e. The Morgan fingerprint density at radius 1 is 1.21 bits per heavy atom. The Kier molecular flexibility index (Phi) is 2.79. The molecule has 0 fully saturated rings. The maximum absolute atomic E-state index is 12.2. The van der Waals surface area contributed by atoms with Gasteiger partial charge in [-0.15, -0.1) is 0 Å². The number of amides is 1. The van der Waals surface area contributed by atoms with Crippen LogP contribution >= 0.6 is 0 Å². The number of allylic oxidation sites excluding steroid dienone is 4. The van der Waals surface area contributed by atoms with Gasteiger partial charge in [0, 0.05) is 25.1 Å². The van der Waals surface area contributed by atoms with Gasteiger partial charge in [-0.1, -0.05) is 12.1 Å². The maximum atomic E-state index is 12.2. The first kappa shape index (κ1) is 13.4. The molecule has 0 radical (unpaired) electrons. The normalized spacial score (nSPS) is 19.2. The molecule has 0 saturated heterocycles. The second-order valence-corrected chi connectivity index (χ2v) is 5.99. The van der Waals surface area contributed by atoms with Crippen molar-refractivity contribution < 1.29 is 14.3 Å². The molecule has 24 heavy (non-hydrogen) atoms. The molecule has 0 unspecified atom stereocenters. The lowest BCUT2D eigenvalue weighted by atomic mass is 9.98. The molecule has 3 heterocycles. The van der Waals surface area contributed by atoms with Gasteiger partial charge in [-0.25, -0.2) is 4.98 Å². The summed E-state index contributed by atoms with van der Waals surface area (Å²) >= 11 is 0. The van der Waals surface area contributed by atoms with Gasteiger partial charge < -0.3 is 19.4 Å². The van der Waals surface area contributed by atoms with E-state index in [1.54, 1.807) is 6.26 Å². The average Bonchev–Trinajstić information content (AvgIpc) is 2.91. The van der Waals surface area contributed by atoms with E-state index >= 15 is 0 Å². The van der Waals surface area contributed by atoms with Gasteiger partial charge in [0.15, 0.2) is 0 Å². The number of hydrogen-bond acceptors (Lipinski definition) is 4. The van der Waals surface area contributed by atoms with Crippen LogP contribution in [0.4, 0.5) is 0 Å². The SMILES string of the molecule is O=C1NCCn2c(C3=CC=C4OCOC=C4C3)nc3cccc1c32. The Balaban J connectivity index is 1.70. The van der Waals surface area contributed by atoms with E-state index in [2.05, 4.69) is 9.88 Å². The van der Waals surface area contributed by atoms with Gasteiger partial charge in [0.05, 0.1) is 22.9 Å². The average molecular weight is 321 g/mol. The zero-order valence-corrected chi connectivity index (χ0v) is 12.9. The number of carbonyl (C=O) groups excluding carboxylic acids is 1. The molecule has 1 aromatic heterocycles. The number of imidazole rings is 1. The number of ether oxygens (including phenoxy) is 2. The molecule has 6 nitrogen and oxygen atoms in total. The molecule has 5 rings (SSSR count). The predicted molar refractivity (Wildman–Crippen MR) is 87.9 cm³/mol. The third kappa shape index (κ3) is 1.89. The molecule has 2 aliphatic heterocycles. The fourth-order valence-electron chi connectivity index (χ4n) is 3.47. The van der Waals surface area contributed by atoms with Crippen LogP contribution in [0, 0.1) is 0 Å². The molecular weight excluding hydrogens is 306 g/mol. The number of rotatable bonds is 1. The fourth-order valence-corrected chi connectivity index (χ4v) is 3.47. The summed E-state index contributed by atoms with van der Waals surface area (Å²) in [5, 5.41) is 2.94. The molecule has 6 heteroatoms. The number of carbonyl (C=O) groups is 1. The molecule has 0 saturated carbocycles. The van der Waals surface area contributed by atoms with Gasteiger partial charge in [-0.2, -0.15) is 0 Å². The highest BCUT2D eigenvalue weighted by Crippen LogP contribution is 2.35. The van der Waals surface area contributed by atoms with Crippen LogP contribution in [0.5, 0.6) is 0 Å². The fraction of sp³-hybridized carbons (Fsp3) is 0.222. The summed E-state index contributed by atoms with van der Waals surface area (Å²) in [5.41, 5.74) is 4.54. The molecule has 1 aromatic carbocycles. The molecule has 0 bridgehead atoms. The standard InChI is InChI=1S/C18H15N3O3/c22-18-13-2-1-3-14-16(13)21(7-6-19-18)17(20-14)11-4-5-15-12(8-11)9-23-10-24-15/h1-5,9H,6-8,10H2,(H,19,22). The molecule has 1 N–H and O–H groups in total. The summed E-state index contributed by atoms with van der Waals surface area (Å²) in [5.74, 6) is 1.72. The number of benzene rings is 1. The Labute approximate surface area is 138 Å². The van der Waals surface area contributed by atoms with Gasteiger partial charge in [0.25, 0.3) is 5.91 Å². The molecule has 3 aliphatic rings. The number of aromatic nitrogens is 2. The van der Waals surface area contributed by atoms with E-state index in [1.165, 1.54) is 0 Å². The summed E-state index contributed by atoms with van der Waals surface area (Å²) < 4.78 is 12.9. The number of nitrogens with zero attached hydrogens (tertiary/aromatic N) is 2. The second kappa shape index (κ2) is 4.99. The third-order valence-corrected chi connectivity index (χ3v) is 4.56. The number of hydrogen-bond donors (Lipinski definition) is 1. The van der Waals surface area contributed by atoms with Crippen LogP contribution in [-0.4, -0.2) is 28.8 Å². The first-order chi connectivity index (χ1) is 11.8. The van der Waals surface area contributed by atoms with Crippen LogP contribution in [0.1, 0.15) is 22.6 Å². The quantitative estimate of drug-likeness (QED) is 0.875. The molecule has 1 aliphatic carbocycles. The second-order valence-electron chi connectivity index (χ2n) is 5.99. The van der Waals surface area contributed by atoms with Crippen LogP contribution in [0.25, 0.3) is 16.6 Å². The summed E-state index contributed by atoms with van der Waals surface area (Å²) in [7, 11) is 0. The highest BCUT2D eigenvalue weighted by Gasteiger charge is 2.25. The molecule has 1 amide bonds. The van der Waals surface area contributed by atoms with E-state index in [-0.39, 0.29) is 12.7 Å². The van der Waals surface area contributed by atoms with Crippen LogP contribution in [-0.2, 0) is 16.0 Å². The van der Waals surface area contributed by atoms with E-state index in [0.29, 0.717) is 25.1 Å². The van der Waals surface area contributed by atoms with Crippen LogP contribution in [0.2, 0.25) is 0 Å².